The number of hydrogen-bond donors (Lipinski definition) is 0. The molecule has 0 aliphatic carbocycles. The molecule has 2 heterocycles. The van der Waals surface area contributed by atoms with Crippen LogP contribution >= 0.6 is 0 Å². The minimum atomic E-state index is -0.209. The third-order valence-corrected chi connectivity index (χ3v) is 5.13. The minimum Gasteiger partial charge on any atom is -0.493 e. The average Bonchev–Trinajstić information content (AvgIpc) is 2.77. The van der Waals surface area contributed by atoms with E-state index in [-0.39, 0.29) is 11.9 Å². The van der Waals surface area contributed by atoms with Crippen LogP contribution in [0.2, 0.25) is 0 Å². The van der Waals surface area contributed by atoms with Crippen LogP contribution in [0.15, 0.2) is 66.9 Å². The number of carbonyl (C=O) groups excluding carboxylic acids is 1. The topological polar surface area (TPSA) is 51.7 Å². The summed E-state index contributed by atoms with van der Waals surface area (Å²) in [5.41, 5.74) is 3.73. The Kier molecular flexibility index (Phi) is 4.98. The van der Waals surface area contributed by atoms with Crippen LogP contribution in [0.3, 0.4) is 0 Å². The number of pyridine rings is 1. The normalized spacial score (nSPS) is 15.6. The summed E-state index contributed by atoms with van der Waals surface area (Å²) in [7, 11) is 3.26. The first-order chi connectivity index (χ1) is 13.7. The van der Waals surface area contributed by atoms with E-state index < -0.39 is 0 Å². The Bertz CT molecular complexity index is 974. The maximum absolute atomic E-state index is 13.3. The van der Waals surface area contributed by atoms with E-state index >= 15 is 0 Å². The lowest BCUT2D eigenvalue weighted by molar-refractivity contribution is 0.0688. The molecule has 1 amide bonds. The Morgan fingerprint density at radius 2 is 1.71 bits per heavy atom. The summed E-state index contributed by atoms with van der Waals surface area (Å²) in [5, 5.41) is 0. The Morgan fingerprint density at radius 1 is 1.00 bits per heavy atom. The summed E-state index contributed by atoms with van der Waals surface area (Å²) in [6.45, 7) is 0.609. The molecule has 0 radical (unpaired) electrons. The van der Waals surface area contributed by atoms with Gasteiger partial charge in [0.25, 0.3) is 5.91 Å². The van der Waals surface area contributed by atoms with Gasteiger partial charge in [-0.15, -0.1) is 0 Å². The van der Waals surface area contributed by atoms with Crippen molar-refractivity contribution in [1.29, 1.82) is 0 Å². The summed E-state index contributed by atoms with van der Waals surface area (Å²) in [6, 6.07) is 19.3. The molecule has 3 aromatic rings. The van der Waals surface area contributed by atoms with Gasteiger partial charge in [-0.25, -0.2) is 0 Å². The molecule has 0 saturated heterocycles. The van der Waals surface area contributed by atoms with Crippen LogP contribution in [-0.2, 0) is 6.42 Å². The summed E-state index contributed by atoms with van der Waals surface area (Å²) in [5.74, 6) is 1.29. The zero-order valence-corrected chi connectivity index (χ0v) is 16.0. The van der Waals surface area contributed by atoms with Gasteiger partial charge in [-0.2, -0.15) is 0 Å². The number of nitrogens with zero attached hydrogens (tertiary/aromatic N) is 2. The number of fused-ring (bicyclic) bond motifs is 1. The van der Waals surface area contributed by atoms with Crippen LogP contribution in [0.5, 0.6) is 11.5 Å². The van der Waals surface area contributed by atoms with Crippen molar-refractivity contribution in [2.45, 2.75) is 12.5 Å². The molecular formula is C23H22N2O3. The number of methoxy groups -OCH3 is 2. The molecule has 5 nitrogen and oxygen atoms in total. The highest BCUT2D eigenvalue weighted by Crippen LogP contribution is 2.41. The van der Waals surface area contributed by atoms with Gasteiger partial charge in [-0.05, 0) is 47.4 Å². The molecule has 28 heavy (non-hydrogen) atoms. The molecule has 1 atom stereocenters. The third-order valence-electron chi connectivity index (χ3n) is 5.13. The zero-order valence-electron chi connectivity index (χ0n) is 16.0. The van der Waals surface area contributed by atoms with Crippen molar-refractivity contribution in [3.05, 3.63) is 89.2 Å². The van der Waals surface area contributed by atoms with Crippen LogP contribution in [0, 0.1) is 0 Å². The highest BCUT2D eigenvalue weighted by molar-refractivity contribution is 5.93. The van der Waals surface area contributed by atoms with Crippen LogP contribution < -0.4 is 9.47 Å². The highest BCUT2D eigenvalue weighted by Gasteiger charge is 2.34. The van der Waals surface area contributed by atoms with E-state index in [0.29, 0.717) is 23.7 Å². The van der Waals surface area contributed by atoms with Crippen molar-refractivity contribution >= 4 is 5.91 Å². The predicted molar refractivity (Wildman–Crippen MR) is 107 cm³/mol. The number of ether oxygens (including phenoxy) is 2. The average molecular weight is 374 g/mol. The van der Waals surface area contributed by atoms with Crippen molar-refractivity contribution in [2.24, 2.45) is 0 Å². The third kappa shape index (κ3) is 3.20. The fourth-order valence-corrected chi connectivity index (χ4v) is 3.80. The van der Waals surface area contributed by atoms with Crippen LogP contribution in [0.1, 0.15) is 33.2 Å². The van der Waals surface area contributed by atoms with Crippen LogP contribution in [0.25, 0.3) is 0 Å². The molecule has 0 N–H and O–H groups in total. The molecular weight excluding hydrogens is 352 g/mol. The van der Waals surface area contributed by atoms with E-state index in [1.165, 1.54) is 0 Å². The molecule has 5 heteroatoms. The molecule has 1 unspecified atom stereocenters. The number of hydrogen-bond acceptors (Lipinski definition) is 4. The summed E-state index contributed by atoms with van der Waals surface area (Å²) in [4.78, 5) is 19.4. The van der Waals surface area contributed by atoms with E-state index in [1.807, 2.05) is 47.4 Å². The number of amides is 1. The molecule has 0 saturated carbocycles. The highest BCUT2D eigenvalue weighted by atomic mass is 16.5. The van der Waals surface area contributed by atoms with Gasteiger partial charge in [0.15, 0.2) is 11.5 Å². The molecule has 1 aliphatic rings. The van der Waals surface area contributed by atoms with Crippen molar-refractivity contribution in [3.63, 3.8) is 0 Å². The number of benzene rings is 2. The molecule has 4 rings (SSSR count). The van der Waals surface area contributed by atoms with Gasteiger partial charge in [0.05, 0.1) is 20.3 Å². The smallest absolute Gasteiger partial charge is 0.273 e. The first kappa shape index (κ1) is 18.0. The van der Waals surface area contributed by atoms with E-state index in [4.69, 9.17) is 9.47 Å². The first-order valence-corrected chi connectivity index (χ1v) is 9.24. The van der Waals surface area contributed by atoms with Crippen molar-refractivity contribution in [2.75, 3.05) is 20.8 Å². The SMILES string of the molecule is COc1cc2c(cc1OC)C(c1ccccc1)N(C(=O)c1ccccn1)CC2. The van der Waals surface area contributed by atoms with Gasteiger partial charge in [0.1, 0.15) is 5.69 Å². The van der Waals surface area contributed by atoms with Gasteiger partial charge in [0, 0.05) is 12.7 Å². The van der Waals surface area contributed by atoms with Crippen molar-refractivity contribution in [1.82, 2.24) is 9.88 Å². The largest absolute Gasteiger partial charge is 0.493 e. The fourth-order valence-electron chi connectivity index (χ4n) is 3.80. The number of aromatic nitrogens is 1. The Labute approximate surface area is 164 Å². The number of carbonyl (C=O) groups is 1. The van der Waals surface area contributed by atoms with Gasteiger partial charge in [-0.1, -0.05) is 36.4 Å². The maximum atomic E-state index is 13.3. The zero-order chi connectivity index (χ0) is 19.5. The molecule has 0 fully saturated rings. The quantitative estimate of drug-likeness (QED) is 0.695. The van der Waals surface area contributed by atoms with Gasteiger partial charge in [-0.3, -0.25) is 9.78 Å². The maximum Gasteiger partial charge on any atom is 0.273 e. The summed E-state index contributed by atoms with van der Waals surface area (Å²) in [6.07, 6.45) is 2.40. The Morgan fingerprint density at radius 3 is 2.39 bits per heavy atom. The fraction of sp³-hybridized carbons (Fsp3) is 0.217. The lowest BCUT2D eigenvalue weighted by atomic mass is 9.87. The summed E-state index contributed by atoms with van der Waals surface area (Å²) >= 11 is 0. The Hall–Kier alpha value is -3.34. The molecule has 1 aromatic heterocycles. The lowest BCUT2D eigenvalue weighted by Crippen LogP contribution is -2.41. The van der Waals surface area contributed by atoms with E-state index in [0.717, 1.165) is 23.1 Å². The molecule has 0 spiro atoms. The van der Waals surface area contributed by atoms with Gasteiger partial charge in [0.2, 0.25) is 0 Å². The second-order valence-electron chi connectivity index (χ2n) is 6.68. The van der Waals surface area contributed by atoms with E-state index in [1.54, 1.807) is 26.5 Å². The first-order valence-electron chi connectivity index (χ1n) is 9.24. The minimum absolute atomic E-state index is 0.0742. The van der Waals surface area contributed by atoms with Gasteiger partial charge >= 0.3 is 0 Å². The van der Waals surface area contributed by atoms with Crippen LogP contribution in [-0.4, -0.2) is 36.6 Å². The predicted octanol–water partition coefficient (Wildman–Crippen LogP) is 3.89. The van der Waals surface area contributed by atoms with Crippen molar-refractivity contribution < 1.29 is 14.3 Å². The second kappa shape index (κ2) is 7.72. The second-order valence-corrected chi connectivity index (χ2v) is 6.68. The Balaban J connectivity index is 1.84. The standard InChI is InChI=1S/C23H22N2O3/c1-27-20-14-17-11-13-25(23(26)19-10-6-7-12-24-19)22(16-8-4-3-5-9-16)18(17)15-21(20)28-2/h3-10,12,14-15,22H,11,13H2,1-2H3. The van der Waals surface area contributed by atoms with Crippen molar-refractivity contribution in [3.8, 4) is 11.5 Å². The summed E-state index contributed by atoms with van der Waals surface area (Å²) < 4.78 is 11.0. The van der Waals surface area contributed by atoms with Crippen LogP contribution in [0.4, 0.5) is 0 Å². The molecule has 1 aliphatic heterocycles. The number of rotatable bonds is 4. The molecule has 0 bridgehead atoms. The lowest BCUT2D eigenvalue weighted by Gasteiger charge is -2.38. The molecule has 2 aromatic carbocycles. The molecule has 142 valence electrons. The van der Waals surface area contributed by atoms with Gasteiger partial charge < -0.3 is 14.4 Å². The van der Waals surface area contributed by atoms with E-state index in [2.05, 4.69) is 17.1 Å². The monoisotopic (exact) mass is 374 g/mol. The van der Waals surface area contributed by atoms with E-state index in [9.17, 15) is 4.79 Å².